The molecule has 1 aliphatic heterocycles. The van der Waals surface area contributed by atoms with Gasteiger partial charge in [-0.25, -0.2) is 5.01 Å². The number of methoxy groups -OCH3 is 1. The number of nitrogens with zero attached hydrogens (tertiary/aromatic N) is 2. The molecule has 2 heterocycles. The number of hydrazone groups is 1. The lowest BCUT2D eigenvalue weighted by molar-refractivity contribution is -0.130. The van der Waals surface area contributed by atoms with Crippen LogP contribution in [-0.4, -0.2) is 23.7 Å². The Hall–Kier alpha value is -1.66. The first-order chi connectivity index (χ1) is 10.6. The van der Waals surface area contributed by atoms with E-state index in [0.717, 1.165) is 32.1 Å². The molecule has 1 aliphatic rings. The van der Waals surface area contributed by atoms with Crippen LogP contribution in [0.3, 0.4) is 0 Å². The highest BCUT2D eigenvalue weighted by molar-refractivity contribution is 9.11. The first-order valence-corrected chi connectivity index (χ1v) is 8.46. The zero-order valence-corrected chi connectivity index (χ0v) is 14.6. The predicted molar refractivity (Wildman–Crippen MR) is 91.4 cm³/mol. The van der Waals surface area contributed by atoms with Gasteiger partial charge in [0.15, 0.2) is 0 Å². The van der Waals surface area contributed by atoms with E-state index in [1.54, 1.807) is 30.4 Å². The van der Waals surface area contributed by atoms with Gasteiger partial charge >= 0.3 is 0 Å². The minimum absolute atomic E-state index is 0.0223. The zero-order chi connectivity index (χ0) is 15.7. The summed E-state index contributed by atoms with van der Waals surface area (Å²) in [4.78, 5) is 13.0. The lowest BCUT2D eigenvalue weighted by atomic mass is 10.0. The molecule has 4 nitrogen and oxygen atoms in total. The molecular weight excluding hydrogens is 364 g/mol. The number of ether oxygens (including phenoxy) is 1. The molecule has 1 amide bonds. The van der Waals surface area contributed by atoms with Crippen LogP contribution in [0.25, 0.3) is 0 Å². The molecule has 0 saturated heterocycles. The number of hydrogen-bond acceptors (Lipinski definition) is 4. The van der Waals surface area contributed by atoms with Crippen LogP contribution in [0.4, 0.5) is 0 Å². The van der Waals surface area contributed by atoms with E-state index in [9.17, 15) is 4.79 Å². The number of thiophene rings is 1. The summed E-state index contributed by atoms with van der Waals surface area (Å²) in [6.07, 6.45) is 0.721. The number of amides is 1. The van der Waals surface area contributed by atoms with Crippen LogP contribution in [0.1, 0.15) is 29.8 Å². The Balaban J connectivity index is 1.90. The fourth-order valence-corrected chi connectivity index (χ4v) is 4.00. The molecule has 0 fully saturated rings. The van der Waals surface area contributed by atoms with Crippen molar-refractivity contribution in [1.82, 2.24) is 5.01 Å². The lowest BCUT2D eigenvalue weighted by Crippen LogP contribution is -2.23. The molecule has 1 atom stereocenters. The second-order valence-electron chi connectivity index (χ2n) is 5.00. The molecule has 0 radical (unpaired) electrons. The summed E-state index contributed by atoms with van der Waals surface area (Å²) >= 11 is 5.11. The molecule has 0 saturated carbocycles. The van der Waals surface area contributed by atoms with E-state index in [1.165, 1.54) is 0 Å². The monoisotopic (exact) mass is 378 g/mol. The number of carbonyl (C=O) groups excluding carboxylic acids is 1. The summed E-state index contributed by atoms with van der Waals surface area (Å²) in [5, 5.41) is 6.11. The third-order valence-electron chi connectivity index (χ3n) is 3.58. The van der Waals surface area contributed by atoms with Gasteiger partial charge in [0.1, 0.15) is 5.75 Å². The van der Waals surface area contributed by atoms with Crippen molar-refractivity contribution >= 4 is 38.9 Å². The molecule has 22 heavy (non-hydrogen) atoms. The van der Waals surface area contributed by atoms with Crippen molar-refractivity contribution in [2.45, 2.75) is 19.4 Å². The fourth-order valence-electron chi connectivity index (χ4n) is 2.49. The molecule has 0 aliphatic carbocycles. The van der Waals surface area contributed by atoms with Crippen LogP contribution in [-0.2, 0) is 4.79 Å². The highest BCUT2D eigenvalue weighted by Gasteiger charge is 2.32. The molecule has 2 aromatic rings. The van der Waals surface area contributed by atoms with Gasteiger partial charge in [0, 0.05) is 18.2 Å². The SMILES string of the molecule is COc1ccc(C2=NN(C(C)=O)C(c3ccc(Br)s3)C2)cc1. The second kappa shape index (κ2) is 6.22. The molecular formula is C16H15BrN2O2S. The Bertz CT molecular complexity index is 724. The Kier molecular flexibility index (Phi) is 4.31. The highest BCUT2D eigenvalue weighted by Crippen LogP contribution is 2.37. The van der Waals surface area contributed by atoms with Crippen molar-refractivity contribution in [3.05, 3.63) is 50.6 Å². The van der Waals surface area contributed by atoms with Gasteiger partial charge in [-0.1, -0.05) is 0 Å². The quantitative estimate of drug-likeness (QED) is 0.802. The summed E-state index contributed by atoms with van der Waals surface area (Å²) in [7, 11) is 1.64. The van der Waals surface area contributed by atoms with Gasteiger partial charge in [-0.05, 0) is 57.9 Å². The van der Waals surface area contributed by atoms with Crippen LogP contribution in [0.5, 0.6) is 5.75 Å². The average Bonchev–Trinajstić information content (AvgIpc) is 3.13. The maximum Gasteiger partial charge on any atom is 0.240 e. The van der Waals surface area contributed by atoms with Gasteiger partial charge in [-0.3, -0.25) is 4.79 Å². The van der Waals surface area contributed by atoms with Crippen molar-refractivity contribution < 1.29 is 9.53 Å². The van der Waals surface area contributed by atoms with Crippen molar-refractivity contribution in [2.24, 2.45) is 5.10 Å². The van der Waals surface area contributed by atoms with Crippen LogP contribution < -0.4 is 4.74 Å². The van der Waals surface area contributed by atoms with E-state index in [2.05, 4.69) is 21.0 Å². The van der Waals surface area contributed by atoms with Crippen molar-refractivity contribution in [1.29, 1.82) is 0 Å². The first-order valence-electron chi connectivity index (χ1n) is 6.85. The highest BCUT2D eigenvalue weighted by atomic mass is 79.9. The molecule has 1 aromatic carbocycles. The van der Waals surface area contributed by atoms with Crippen LogP contribution in [0.2, 0.25) is 0 Å². The smallest absolute Gasteiger partial charge is 0.240 e. The van der Waals surface area contributed by atoms with Crippen LogP contribution >= 0.6 is 27.3 Å². The molecule has 0 N–H and O–H groups in total. The normalized spacial score (nSPS) is 17.5. The number of rotatable bonds is 3. The molecule has 1 unspecified atom stereocenters. The largest absolute Gasteiger partial charge is 0.497 e. The fraction of sp³-hybridized carbons (Fsp3) is 0.250. The Labute approximate surface area is 141 Å². The van der Waals surface area contributed by atoms with Gasteiger partial charge in [0.05, 0.1) is 22.6 Å². The molecule has 1 aromatic heterocycles. The second-order valence-corrected chi connectivity index (χ2v) is 7.50. The third kappa shape index (κ3) is 2.94. The van der Waals surface area contributed by atoms with Crippen LogP contribution in [0.15, 0.2) is 45.3 Å². The minimum Gasteiger partial charge on any atom is -0.497 e. The maximum absolute atomic E-state index is 11.9. The van der Waals surface area contributed by atoms with Gasteiger partial charge in [0.25, 0.3) is 0 Å². The number of halogens is 1. The van der Waals surface area contributed by atoms with Gasteiger partial charge in [-0.2, -0.15) is 5.10 Å². The van der Waals surface area contributed by atoms with Crippen molar-refractivity contribution in [2.75, 3.05) is 7.11 Å². The van der Waals surface area contributed by atoms with E-state index < -0.39 is 0 Å². The third-order valence-corrected chi connectivity index (χ3v) is 5.30. The zero-order valence-electron chi connectivity index (χ0n) is 12.2. The Morgan fingerprint density at radius 1 is 1.32 bits per heavy atom. The first kappa shape index (κ1) is 15.2. The minimum atomic E-state index is -0.0435. The van der Waals surface area contributed by atoms with Gasteiger partial charge < -0.3 is 4.74 Å². The topological polar surface area (TPSA) is 41.9 Å². The summed E-state index contributed by atoms with van der Waals surface area (Å²) in [6, 6.07) is 11.8. The summed E-state index contributed by atoms with van der Waals surface area (Å²) < 4.78 is 6.24. The summed E-state index contributed by atoms with van der Waals surface area (Å²) in [5.74, 6) is 0.766. The van der Waals surface area contributed by atoms with Gasteiger partial charge in [-0.15, -0.1) is 11.3 Å². The Morgan fingerprint density at radius 3 is 2.59 bits per heavy atom. The van der Waals surface area contributed by atoms with Crippen molar-refractivity contribution in [3.63, 3.8) is 0 Å². The molecule has 0 spiro atoms. The predicted octanol–water partition coefficient (Wildman–Crippen LogP) is 4.22. The summed E-state index contributed by atoms with van der Waals surface area (Å²) in [5.41, 5.74) is 1.94. The molecule has 3 rings (SSSR count). The lowest BCUT2D eigenvalue weighted by Gasteiger charge is -2.18. The van der Waals surface area contributed by atoms with E-state index in [4.69, 9.17) is 4.74 Å². The van der Waals surface area contributed by atoms with E-state index >= 15 is 0 Å². The number of hydrogen-bond donors (Lipinski definition) is 0. The molecule has 0 bridgehead atoms. The number of benzene rings is 1. The van der Waals surface area contributed by atoms with E-state index in [0.29, 0.717) is 0 Å². The van der Waals surface area contributed by atoms with Crippen molar-refractivity contribution in [3.8, 4) is 5.75 Å². The van der Waals surface area contributed by atoms with E-state index in [-0.39, 0.29) is 11.9 Å². The maximum atomic E-state index is 11.9. The average molecular weight is 379 g/mol. The Morgan fingerprint density at radius 2 is 2.05 bits per heavy atom. The van der Waals surface area contributed by atoms with Crippen LogP contribution in [0, 0.1) is 0 Å². The van der Waals surface area contributed by atoms with E-state index in [1.807, 2.05) is 36.4 Å². The molecule has 114 valence electrons. The van der Waals surface area contributed by atoms with Gasteiger partial charge in [0.2, 0.25) is 5.91 Å². The standard InChI is InChI=1S/C16H15BrN2O2S/c1-10(20)19-14(15-7-8-16(17)22-15)9-13(18-19)11-3-5-12(21-2)6-4-11/h3-8,14H,9H2,1-2H3. The molecule has 6 heteroatoms. The number of carbonyl (C=O) groups is 1. The summed E-state index contributed by atoms with van der Waals surface area (Å²) in [6.45, 7) is 1.55.